The second-order valence-corrected chi connectivity index (χ2v) is 8.99. The smallest absolute Gasteiger partial charge is 0.244 e. The number of aromatic nitrogens is 1. The molecule has 8 heteroatoms. The topological polar surface area (TPSA) is 91.4 Å². The molecule has 0 spiro atoms. The van der Waals surface area contributed by atoms with Gasteiger partial charge in [0.25, 0.3) is 0 Å². The molecule has 1 aliphatic heterocycles. The number of amides is 1. The summed E-state index contributed by atoms with van der Waals surface area (Å²) in [6, 6.07) is 25.6. The number of nitrogens with zero attached hydrogens (tertiary/aromatic N) is 2. The number of carbonyl (C=O) groups is 1. The summed E-state index contributed by atoms with van der Waals surface area (Å²) in [4.78, 5) is 17.7. The molecule has 1 aromatic heterocycles. The minimum absolute atomic E-state index is 0.265. The third-order valence-corrected chi connectivity index (χ3v) is 6.06. The van der Waals surface area contributed by atoms with Gasteiger partial charge in [0.1, 0.15) is 0 Å². The summed E-state index contributed by atoms with van der Waals surface area (Å²) in [6.45, 7) is 4.67. The van der Waals surface area contributed by atoms with E-state index in [1.54, 1.807) is 24.5 Å². The van der Waals surface area contributed by atoms with Crippen molar-refractivity contribution < 1.29 is 13.2 Å². The van der Waals surface area contributed by atoms with E-state index in [4.69, 9.17) is 0 Å². The van der Waals surface area contributed by atoms with Gasteiger partial charge < -0.3 is 10.6 Å². The van der Waals surface area contributed by atoms with Crippen molar-refractivity contribution in [1.82, 2.24) is 20.5 Å². The van der Waals surface area contributed by atoms with Gasteiger partial charge in [-0.05, 0) is 35.3 Å². The van der Waals surface area contributed by atoms with Gasteiger partial charge >= 0.3 is 0 Å². The lowest BCUT2D eigenvalue weighted by atomic mass is 9.96. The molecule has 0 aliphatic carbocycles. The van der Waals surface area contributed by atoms with E-state index in [0.717, 1.165) is 37.1 Å². The highest BCUT2D eigenvalue weighted by Crippen LogP contribution is 2.28. The number of hydrogen-bond donors (Lipinski definition) is 2. The molecule has 1 fully saturated rings. The first-order chi connectivity index (χ1) is 17.6. The van der Waals surface area contributed by atoms with Crippen LogP contribution in [-0.4, -0.2) is 62.3 Å². The number of hydrogen-bond acceptors (Lipinski definition) is 6. The van der Waals surface area contributed by atoms with E-state index >= 15 is 0 Å². The summed E-state index contributed by atoms with van der Waals surface area (Å²) in [5.41, 5.74) is 3.60. The van der Waals surface area contributed by atoms with Crippen LogP contribution in [0.15, 0.2) is 91.3 Å². The summed E-state index contributed by atoms with van der Waals surface area (Å²) < 4.78 is 20.3. The fraction of sp³-hybridized carbons (Fsp3) is 0.250. The van der Waals surface area contributed by atoms with Gasteiger partial charge in [0.2, 0.25) is 16.2 Å². The van der Waals surface area contributed by atoms with Crippen molar-refractivity contribution in [3.8, 4) is 0 Å². The first-order valence-corrected chi connectivity index (χ1v) is 13.1. The molecule has 0 saturated carbocycles. The predicted octanol–water partition coefficient (Wildman–Crippen LogP) is 2.96. The van der Waals surface area contributed by atoms with Crippen molar-refractivity contribution >= 4 is 27.6 Å². The summed E-state index contributed by atoms with van der Waals surface area (Å²) >= 11 is 0. The minimum atomic E-state index is -2.17. The Labute approximate surface area is 214 Å². The van der Waals surface area contributed by atoms with Crippen molar-refractivity contribution in [2.24, 2.45) is 0 Å². The van der Waals surface area contributed by atoms with Gasteiger partial charge in [-0.15, -0.1) is 0 Å². The van der Waals surface area contributed by atoms with Crippen molar-refractivity contribution in [2.45, 2.75) is 12.5 Å². The largest absolute Gasteiger partial charge is 0.352 e. The third kappa shape index (κ3) is 9.58. The zero-order chi connectivity index (χ0) is 25.4. The number of carbonyl (C=O) groups excluding carboxylic acids is 1. The Bertz CT molecular complexity index is 1160. The molecule has 0 bridgehead atoms. The van der Waals surface area contributed by atoms with Gasteiger partial charge in [-0.25, -0.2) is 0 Å². The Morgan fingerprint density at radius 2 is 1.61 bits per heavy atom. The third-order valence-electron chi connectivity index (χ3n) is 5.56. The Morgan fingerprint density at radius 1 is 0.972 bits per heavy atom. The molecule has 1 saturated heterocycles. The highest BCUT2D eigenvalue weighted by molar-refractivity contribution is 7.71. The molecule has 0 radical (unpaired) electrons. The normalized spacial score (nSPS) is 13.6. The number of rotatable bonds is 8. The Morgan fingerprint density at radius 3 is 2.17 bits per heavy atom. The van der Waals surface area contributed by atoms with E-state index in [-0.39, 0.29) is 5.91 Å². The van der Waals surface area contributed by atoms with Gasteiger partial charge in [0.05, 0.1) is 6.04 Å². The maximum absolute atomic E-state index is 11.3. The molecule has 3 aromatic rings. The highest BCUT2D eigenvalue weighted by Gasteiger charge is 2.23. The van der Waals surface area contributed by atoms with Crippen LogP contribution in [0.25, 0.3) is 6.08 Å². The number of benzene rings is 2. The maximum Gasteiger partial charge on any atom is 0.244 e. The second kappa shape index (κ2) is 15.4. The van der Waals surface area contributed by atoms with Crippen LogP contribution in [0.4, 0.5) is 0 Å². The lowest BCUT2D eigenvalue weighted by molar-refractivity contribution is -0.116. The molecule has 0 atom stereocenters. The lowest BCUT2D eigenvalue weighted by Crippen LogP contribution is -2.45. The SMILES string of the molecule is O=C(C=Cc1cccnc1)NCCC=S(=O)=O.c1ccc(C(c2ccccc2)N2CCNCC2)cc1. The van der Waals surface area contributed by atoms with Gasteiger partial charge in [-0.1, -0.05) is 66.7 Å². The second-order valence-electron chi connectivity index (χ2n) is 8.14. The van der Waals surface area contributed by atoms with Gasteiger partial charge in [0, 0.05) is 56.6 Å². The van der Waals surface area contributed by atoms with Crippen LogP contribution in [0.1, 0.15) is 29.2 Å². The maximum atomic E-state index is 11.3. The van der Waals surface area contributed by atoms with E-state index in [9.17, 15) is 13.2 Å². The fourth-order valence-corrected chi connectivity index (χ4v) is 4.19. The molecule has 2 N–H and O–H groups in total. The summed E-state index contributed by atoms with van der Waals surface area (Å²) in [5, 5.41) is 7.09. The Balaban J connectivity index is 0.000000202. The van der Waals surface area contributed by atoms with Crippen LogP contribution < -0.4 is 10.6 Å². The summed E-state index contributed by atoms with van der Waals surface area (Å²) in [5.74, 6) is -0.265. The molecular weight excluding hydrogens is 472 g/mol. The summed E-state index contributed by atoms with van der Waals surface area (Å²) in [7, 11) is -2.17. The number of pyridine rings is 1. The number of piperazine rings is 1. The number of nitrogens with one attached hydrogen (secondary N) is 2. The Kier molecular flexibility index (Phi) is 11.6. The standard InChI is InChI=1S/C17H20N2.C11H12N2O3S/c1-3-7-15(8-4-1)17(16-9-5-2-6-10-16)19-13-11-18-12-14-19;14-11(13-7-2-8-17(15)16)5-4-10-3-1-6-12-9-10/h1-10,17-18H,11-14H2;1,3-6,8-9H,2,7H2,(H,13,14). The lowest BCUT2D eigenvalue weighted by Gasteiger charge is -2.35. The zero-order valence-corrected chi connectivity index (χ0v) is 21.0. The van der Waals surface area contributed by atoms with Crippen LogP contribution in [0.3, 0.4) is 0 Å². The average Bonchev–Trinajstić information content (AvgIpc) is 2.93. The molecule has 0 unspecified atom stereocenters. The van der Waals surface area contributed by atoms with Crippen LogP contribution in [0.2, 0.25) is 0 Å². The van der Waals surface area contributed by atoms with Crippen molar-refractivity contribution in [3.05, 3.63) is 108 Å². The van der Waals surface area contributed by atoms with E-state index in [2.05, 4.69) is 81.2 Å². The van der Waals surface area contributed by atoms with Crippen molar-refractivity contribution in [2.75, 3.05) is 32.7 Å². The molecule has 7 nitrogen and oxygen atoms in total. The first-order valence-electron chi connectivity index (χ1n) is 12.0. The zero-order valence-electron chi connectivity index (χ0n) is 20.2. The molecular formula is C28H32N4O3S. The molecule has 2 aromatic carbocycles. The van der Waals surface area contributed by atoms with E-state index < -0.39 is 10.3 Å². The Hall–Kier alpha value is -3.59. The summed E-state index contributed by atoms with van der Waals surface area (Å²) in [6.07, 6.45) is 6.60. The van der Waals surface area contributed by atoms with E-state index in [0.29, 0.717) is 19.0 Å². The van der Waals surface area contributed by atoms with Crippen molar-refractivity contribution in [3.63, 3.8) is 0 Å². The molecule has 2 heterocycles. The quantitative estimate of drug-likeness (QED) is 0.279. The molecule has 36 heavy (non-hydrogen) atoms. The van der Waals surface area contributed by atoms with Crippen LogP contribution in [0, 0.1) is 0 Å². The molecule has 188 valence electrons. The van der Waals surface area contributed by atoms with Crippen LogP contribution >= 0.6 is 0 Å². The molecule has 1 amide bonds. The molecule has 4 rings (SSSR count). The van der Waals surface area contributed by atoms with Crippen molar-refractivity contribution in [1.29, 1.82) is 0 Å². The highest BCUT2D eigenvalue weighted by atomic mass is 32.2. The van der Waals surface area contributed by atoms with Crippen LogP contribution in [-0.2, 0) is 15.1 Å². The van der Waals surface area contributed by atoms with Crippen LogP contribution in [0.5, 0.6) is 0 Å². The minimum Gasteiger partial charge on any atom is -0.352 e. The van der Waals surface area contributed by atoms with Gasteiger partial charge in [-0.3, -0.25) is 14.7 Å². The van der Waals surface area contributed by atoms with Gasteiger partial charge in [0.15, 0.2) is 0 Å². The first kappa shape index (κ1) is 27.0. The fourth-order valence-electron chi connectivity index (χ4n) is 3.88. The van der Waals surface area contributed by atoms with E-state index in [1.807, 2.05) is 6.07 Å². The monoisotopic (exact) mass is 504 g/mol. The predicted molar refractivity (Wildman–Crippen MR) is 145 cm³/mol. The van der Waals surface area contributed by atoms with Gasteiger partial charge in [-0.2, -0.15) is 8.42 Å². The van der Waals surface area contributed by atoms with E-state index in [1.165, 1.54) is 17.2 Å². The average molecular weight is 505 g/mol. The molecule has 1 aliphatic rings.